The fourth-order valence-electron chi connectivity index (χ4n) is 1.65. The topological polar surface area (TPSA) is 38.0 Å². The molecule has 0 atom stereocenters. The van der Waals surface area contributed by atoms with Gasteiger partial charge in [0.15, 0.2) is 5.75 Å². The third-order valence-corrected chi connectivity index (χ3v) is 2.14. The zero-order valence-corrected chi connectivity index (χ0v) is 9.05. The maximum atomic E-state index is 9.86. The van der Waals surface area contributed by atoms with Crippen LogP contribution in [-0.2, 0) is 18.9 Å². The molecule has 13 heavy (non-hydrogen) atoms. The van der Waals surface area contributed by atoms with E-state index in [0.717, 1.165) is 17.8 Å². The van der Waals surface area contributed by atoms with Crippen LogP contribution in [0.1, 0.15) is 39.1 Å². The highest BCUT2D eigenvalue weighted by atomic mass is 16.3. The van der Waals surface area contributed by atoms with Crippen LogP contribution in [0.2, 0.25) is 0 Å². The van der Waals surface area contributed by atoms with E-state index >= 15 is 0 Å². The molecule has 0 amide bonds. The van der Waals surface area contributed by atoms with Gasteiger partial charge in [-0.2, -0.15) is 5.10 Å². The van der Waals surface area contributed by atoms with E-state index in [0.29, 0.717) is 5.75 Å². The van der Waals surface area contributed by atoms with Gasteiger partial charge >= 0.3 is 0 Å². The van der Waals surface area contributed by atoms with Crippen LogP contribution in [0.25, 0.3) is 0 Å². The second-order valence-electron chi connectivity index (χ2n) is 4.37. The molecule has 1 N–H and O–H groups in total. The van der Waals surface area contributed by atoms with Crippen LogP contribution in [0, 0.1) is 0 Å². The molecule has 0 aliphatic rings. The number of hydrogen-bond acceptors (Lipinski definition) is 2. The minimum Gasteiger partial charge on any atom is -0.504 e. The molecule has 74 valence electrons. The molecule has 1 rings (SSSR count). The second-order valence-corrected chi connectivity index (χ2v) is 4.37. The largest absolute Gasteiger partial charge is 0.504 e. The number of nitrogens with zero attached hydrogens (tertiary/aromatic N) is 2. The molecule has 0 saturated carbocycles. The Morgan fingerprint density at radius 1 is 1.38 bits per heavy atom. The van der Waals surface area contributed by atoms with E-state index in [-0.39, 0.29) is 5.41 Å². The van der Waals surface area contributed by atoms with E-state index < -0.39 is 0 Å². The summed E-state index contributed by atoms with van der Waals surface area (Å²) in [5.74, 6) is 0.359. The smallest absolute Gasteiger partial charge is 0.160 e. The molecular formula is C10H18N2O. The molecule has 0 bridgehead atoms. The highest BCUT2D eigenvalue weighted by molar-refractivity contribution is 5.36. The van der Waals surface area contributed by atoms with Gasteiger partial charge in [-0.1, -0.05) is 27.7 Å². The van der Waals surface area contributed by atoms with Gasteiger partial charge in [-0.3, -0.25) is 4.68 Å². The summed E-state index contributed by atoms with van der Waals surface area (Å²) in [5.41, 5.74) is 1.64. The average Bonchev–Trinajstić information content (AvgIpc) is 2.24. The standard InChI is InChI=1S/C10H18N2O/c1-6-7-8(13)9(10(2,3)4)12(5)11-7/h13H,6H2,1-5H3. The summed E-state index contributed by atoms with van der Waals surface area (Å²) in [4.78, 5) is 0. The predicted molar refractivity (Wildman–Crippen MR) is 53.0 cm³/mol. The van der Waals surface area contributed by atoms with Crippen LogP contribution in [0.5, 0.6) is 5.75 Å². The minimum absolute atomic E-state index is 0.0563. The van der Waals surface area contributed by atoms with E-state index in [1.165, 1.54) is 0 Å². The Bertz CT molecular complexity index is 307. The average molecular weight is 182 g/mol. The quantitative estimate of drug-likeness (QED) is 0.721. The Hall–Kier alpha value is -0.990. The molecule has 0 saturated heterocycles. The molecular weight excluding hydrogens is 164 g/mol. The van der Waals surface area contributed by atoms with Crippen molar-refractivity contribution in [1.82, 2.24) is 9.78 Å². The molecule has 1 heterocycles. The van der Waals surface area contributed by atoms with Gasteiger partial charge in [0.05, 0.1) is 5.69 Å². The van der Waals surface area contributed by atoms with E-state index in [1.807, 2.05) is 14.0 Å². The zero-order valence-electron chi connectivity index (χ0n) is 9.05. The number of rotatable bonds is 1. The van der Waals surface area contributed by atoms with Gasteiger partial charge in [0.2, 0.25) is 0 Å². The van der Waals surface area contributed by atoms with Gasteiger partial charge in [0.25, 0.3) is 0 Å². The Morgan fingerprint density at radius 3 is 2.15 bits per heavy atom. The number of aryl methyl sites for hydroxylation is 2. The van der Waals surface area contributed by atoms with Crippen molar-refractivity contribution in [2.45, 2.75) is 39.5 Å². The lowest BCUT2D eigenvalue weighted by molar-refractivity contribution is 0.431. The Kier molecular flexibility index (Phi) is 2.37. The summed E-state index contributed by atoms with van der Waals surface area (Å²) < 4.78 is 1.77. The lowest BCUT2D eigenvalue weighted by Gasteiger charge is -2.18. The number of aromatic nitrogens is 2. The molecule has 0 aliphatic heterocycles. The zero-order chi connectivity index (χ0) is 10.2. The summed E-state index contributed by atoms with van der Waals surface area (Å²) in [6.07, 6.45) is 0.774. The van der Waals surface area contributed by atoms with Gasteiger partial charge < -0.3 is 5.11 Å². The summed E-state index contributed by atoms with van der Waals surface area (Å²) in [5, 5.41) is 14.1. The first-order valence-electron chi connectivity index (χ1n) is 4.63. The van der Waals surface area contributed by atoms with Crippen molar-refractivity contribution >= 4 is 0 Å². The molecule has 0 unspecified atom stereocenters. The maximum Gasteiger partial charge on any atom is 0.160 e. The van der Waals surface area contributed by atoms with Crippen molar-refractivity contribution < 1.29 is 5.11 Å². The summed E-state index contributed by atoms with van der Waals surface area (Å²) in [7, 11) is 1.87. The molecule has 0 aromatic carbocycles. The Morgan fingerprint density at radius 2 is 1.92 bits per heavy atom. The van der Waals surface area contributed by atoms with Crippen LogP contribution in [0.4, 0.5) is 0 Å². The van der Waals surface area contributed by atoms with Crippen LogP contribution >= 0.6 is 0 Å². The molecule has 1 aromatic heterocycles. The first kappa shape index (κ1) is 10.1. The third kappa shape index (κ3) is 1.69. The lowest BCUT2D eigenvalue weighted by Crippen LogP contribution is -2.16. The van der Waals surface area contributed by atoms with Crippen molar-refractivity contribution in [2.75, 3.05) is 0 Å². The number of aromatic hydroxyl groups is 1. The van der Waals surface area contributed by atoms with E-state index in [2.05, 4.69) is 25.9 Å². The third-order valence-electron chi connectivity index (χ3n) is 2.14. The first-order valence-corrected chi connectivity index (χ1v) is 4.63. The summed E-state index contributed by atoms with van der Waals surface area (Å²) in [6, 6.07) is 0. The van der Waals surface area contributed by atoms with Crippen molar-refractivity contribution in [3.63, 3.8) is 0 Å². The second kappa shape index (κ2) is 3.05. The molecule has 3 heteroatoms. The Labute approximate surface area is 79.4 Å². The van der Waals surface area contributed by atoms with Crippen LogP contribution in [0.15, 0.2) is 0 Å². The first-order chi connectivity index (χ1) is 5.88. The van der Waals surface area contributed by atoms with Crippen molar-refractivity contribution in [1.29, 1.82) is 0 Å². The summed E-state index contributed by atoms with van der Waals surface area (Å²) >= 11 is 0. The SMILES string of the molecule is CCc1nn(C)c(C(C)(C)C)c1O. The van der Waals surface area contributed by atoms with Gasteiger partial charge in [0, 0.05) is 12.5 Å². The van der Waals surface area contributed by atoms with Gasteiger partial charge in [-0.05, 0) is 6.42 Å². The van der Waals surface area contributed by atoms with Crippen molar-refractivity contribution in [2.24, 2.45) is 7.05 Å². The van der Waals surface area contributed by atoms with Crippen LogP contribution in [0.3, 0.4) is 0 Å². The van der Waals surface area contributed by atoms with Gasteiger partial charge in [-0.15, -0.1) is 0 Å². The fraction of sp³-hybridized carbons (Fsp3) is 0.700. The maximum absolute atomic E-state index is 9.86. The van der Waals surface area contributed by atoms with E-state index in [9.17, 15) is 5.11 Å². The van der Waals surface area contributed by atoms with Gasteiger partial charge in [-0.25, -0.2) is 0 Å². The highest BCUT2D eigenvalue weighted by Crippen LogP contribution is 2.32. The van der Waals surface area contributed by atoms with Crippen LogP contribution in [-0.4, -0.2) is 14.9 Å². The number of hydrogen-bond donors (Lipinski definition) is 1. The van der Waals surface area contributed by atoms with Crippen molar-refractivity contribution in [3.05, 3.63) is 11.4 Å². The van der Waals surface area contributed by atoms with Crippen LogP contribution < -0.4 is 0 Å². The molecule has 0 fully saturated rings. The van der Waals surface area contributed by atoms with E-state index in [4.69, 9.17) is 0 Å². The van der Waals surface area contributed by atoms with Gasteiger partial charge in [0.1, 0.15) is 5.69 Å². The molecule has 0 radical (unpaired) electrons. The highest BCUT2D eigenvalue weighted by Gasteiger charge is 2.25. The Balaban J connectivity index is 3.29. The fourth-order valence-corrected chi connectivity index (χ4v) is 1.65. The lowest BCUT2D eigenvalue weighted by atomic mass is 9.91. The van der Waals surface area contributed by atoms with E-state index in [1.54, 1.807) is 4.68 Å². The molecule has 3 nitrogen and oxygen atoms in total. The van der Waals surface area contributed by atoms with Crippen molar-refractivity contribution in [3.8, 4) is 5.75 Å². The molecule has 0 spiro atoms. The molecule has 0 aliphatic carbocycles. The normalized spacial score (nSPS) is 12.1. The minimum atomic E-state index is -0.0563. The summed E-state index contributed by atoms with van der Waals surface area (Å²) in [6.45, 7) is 8.21. The molecule has 1 aromatic rings. The predicted octanol–water partition coefficient (Wildman–Crippen LogP) is 1.99. The monoisotopic (exact) mass is 182 g/mol.